The number of nitrogens with one attached hydrogen (secondary N) is 2. The van der Waals surface area contributed by atoms with Crippen LogP contribution in [-0.2, 0) is 4.79 Å². The normalized spacial score (nSPS) is 18.3. The number of hydrogen-bond acceptors (Lipinski definition) is 3. The number of hydrogen-bond donors (Lipinski definition) is 2. The molecule has 0 saturated carbocycles. The first-order valence-electron chi connectivity index (χ1n) is 6.39. The Morgan fingerprint density at radius 1 is 1.28 bits per heavy atom. The number of carbonyl (C=O) groups is 2. The maximum atomic E-state index is 11.7. The zero-order chi connectivity index (χ0) is 13.7. The summed E-state index contributed by atoms with van der Waals surface area (Å²) in [6.07, 6.45) is 1.78. The average molecular weight is 256 g/mol. The van der Waals surface area contributed by atoms with Crippen molar-refractivity contribution in [2.75, 3.05) is 34.2 Å². The van der Waals surface area contributed by atoms with Gasteiger partial charge in [0.2, 0.25) is 5.91 Å². The molecule has 2 N–H and O–H groups in total. The van der Waals surface area contributed by atoms with Gasteiger partial charge in [0.05, 0.1) is 6.04 Å². The van der Waals surface area contributed by atoms with E-state index in [1.54, 1.807) is 26.0 Å². The van der Waals surface area contributed by atoms with Crippen LogP contribution in [0.15, 0.2) is 0 Å². The fraction of sp³-hybridized carbons (Fsp3) is 0.833. The van der Waals surface area contributed by atoms with Crippen molar-refractivity contribution in [3.8, 4) is 0 Å². The van der Waals surface area contributed by atoms with Crippen LogP contribution >= 0.6 is 0 Å². The molecule has 1 atom stereocenters. The van der Waals surface area contributed by atoms with Gasteiger partial charge in [-0.2, -0.15) is 0 Å². The minimum Gasteiger partial charge on any atom is -0.358 e. The van der Waals surface area contributed by atoms with Crippen molar-refractivity contribution in [1.82, 2.24) is 20.4 Å². The van der Waals surface area contributed by atoms with Gasteiger partial charge in [-0.05, 0) is 19.8 Å². The molecule has 0 aromatic carbocycles. The van der Waals surface area contributed by atoms with Crippen LogP contribution in [0.1, 0.15) is 19.8 Å². The van der Waals surface area contributed by atoms with Gasteiger partial charge >= 0.3 is 6.03 Å². The second-order valence-corrected chi connectivity index (χ2v) is 4.94. The Hall–Kier alpha value is -1.30. The monoisotopic (exact) mass is 256 g/mol. The molecule has 0 aliphatic carbocycles. The highest BCUT2D eigenvalue weighted by Gasteiger charge is 2.25. The molecular weight excluding hydrogens is 232 g/mol. The smallest absolute Gasteiger partial charge is 0.319 e. The van der Waals surface area contributed by atoms with Crippen LogP contribution in [0.4, 0.5) is 4.79 Å². The molecule has 1 aliphatic rings. The predicted molar refractivity (Wildman–Crippen MR) is 70.3 cm³/mol. The summed E-state index contributed by atoms with van der Waals surface area (Å²) in [4.78, 5) is 26.6. The Labute approximate surface area is 109 Å². The van der Waals surface area contributed by atoms with Crippen LogP contribution in [0.3, 0.4) is 0 Å². The average Bonchev–Trinajstić information content (AvgIpc) is 2.37. The number of rotatable bonds is 3. The van der Waals surface area contributed by atoms with Crippen molar-refractivity contribution >= 4 is 11.9 Å². The fourth-order valence-electron chi connectivity index (χ4n) is 2.17. The second-order valence-electron chi connectivity index (χ2n) is 4.94. The van der Waals surface area contributed by atoms with E-state index in [0.29, 0.717) is 6.04 Å². The summed E-state index contributed by atoms with van der Waals surface area (Å²) in [6.45, 7) is 3.35. The van der Waals surface area contributed by atoms with Crippen LogP contribution in [0, 0.1) is 0 Å². The van der Waals surface area contributed by atoms with Crippen molar-refractivity contribution in [2.45, 2.75) is 31.8 Å². The Bertz CT molecular complexity index is 298. The topological polar surface area (TPSA) is 64.7 Å². The molecule has 0 spiro atoms. The summed E-state index contributed by atoms with van der Waals surface area (Å²) >= 11 is 0. The maximum Gasteiger partial charge on any atom is 0.319 e. The van der Waals surface area contributed by atoms with E-state index in [-0.39, 0.29) is 18.0 Å². The third-order valence-electron chi connectivity index (χ3n) is 3.27. The Morgan fingerprint density at radius 3 is 2.28 bits per heavy atom. The number of urea groups is 1. The molecule has 18 heavy (non-hydrogen) atoms. The molecule has 0 aromatic rings. The predicted octanol–water partition coefficient (Wildman–Crippen LogP) is -0.143. The van der Waals surface area contributed by atoms with Gasteiger partial charge in [0.25, 0.3) is 0 Å². The van der Waals surface area contributed by atoms with E-state index in [1.807, 2.05) is 11.8 Å². The first-order chi connectivity index (χ1) is 8.45. The van der Waals surface area contributed by atoms with Gasteiger partial charge in [0, 0.05) is 40.3 Å². The van der Waals surface area contributed by atoms with Gasteiger partial charge in [-0.15, -0.1) is 0 Å². The minimum atomic E-state index is -0.184. The molecule has 0 radical (unpaired) electrons. The highest BCUT2D eigenvalue weighted by molar-refractivity contribution is 5.81. The highest BCUT2D eigenvalue weighted by Crippen LogP contribution is 2.12. The summed E-state index contributed by atoms with van der Waals surface area (Å²) < 4.78 is 0. The number of likely N-dealkylation sites (tertiary alicyclic amines) is 1. The zero-order valence-electron chi connectivity index (χ0n) is 11.7. The first-order valence-corrected chi connectivity index (χ1v) is 6.39. The second kappa shape index (κ2) is 6.58. The van der Waals surface area contributed by atoms with Crippen LogP contribution in [-0.4, -0.2) is 68.1 Å². The molecule has 3 amide bonds. The van der Waals surface area contributed by atoms with Crippen LogP contribution in [0.2, 0.25) is 0 Å². The molecule has 0 bridgehead atoms. The summed E-state index contributed by atoms with van der Waals surface area (Å²) in [6, 6.07) is 0.187. The number of amides is 3. The summed E-state index contributed by atoms with van der Waals surface area (Å²) in [5.74, 6) is 0.00166. The van der Waals surface area contributed by atoms with Gasteiger partial charge in [0.15, 0.2) is 0 Å². The highest BCUT2D eigenvalue weighted by atomic mass is 16.2. The van der Waals surface area contributed by atoms with E-state index in [9.17, 15) is 9.59 Å². The quantitative estimate of drug-likeness (QED) is 0.738. The number of piperidine rings is 1. The van der Waals surface area contributed by atoms with Crippen molar-refractivity contribution in [1.29, 1.82) is 0 Å². The van der Waals surface area contributed by atoms with E-state index in [4.69, 9.17) is 0 Å². The molecule has 104 valence electrons. The standard InChI is InChI=1S/C12H24N4O2/c1-9(11(17)13-2)14-10-5-7-16(8-6-10)12(18)15(3)4/h9-10,14H,5-8H2,1-4H3,(H,13,17). The van der Waals surface area contributed by atoms with Crippen LogP contribution in [0.5, 0.6) is 0 Å². The Balaban J connectivity index is 2.36. The van der Waals surface area contributed by atoms with Gasteiger partial charge in [-0.25, -0.2) is 4.79 Å². The summed E-state index contributed by atoms with van der Waals surface area (Å²) in [5, 5.41) is 5.92. The van der Waals surface area contributed by atoms with Crippen molar-refractivity contribution < 1.29 is 9.59 Å². The van der Waals surface area contributed by atoms with E-state index in [0.717, 1.165) is 25.9 Å². The van der Waals surface area contributed by atoms with Crippen molar-refractivity contribution in [2.24, 2.45) is 0 Å². The lowest BCUT2D eigenvalue weighted by molar-refractivity contribution is -0.122. The first kappa shape index (κ1) is 14.8. The van der Waals surface area contributed by atoms with Crippen LogP contribution in [0.25, 0.3) is 0 Å². The van der Waals surface area contributed by atoms with Crippen molar-refractivity contribution in [3.63, 3.8) is 0 Å². The molecule has 1 rings (SSSR count). The number of nitrogens with zero attached hydrogens (tertiary/aromatic N) is 2. The lowest BCUT2D eigenvalue weighted by atomic mass is 10.0. The summed E-state index contributed by atoms with van der Waals surface area (Å²) in [7, 11) is 5.17. The van der Waals surface area contributed by atoms with Gasteiger partial charge < -0.3 is 20.4 Å². The number of likely N-dealkylation sites (N-methyl/N-ethyl adjacent to an activating group) is 1. The molecular formula is C12H24N4O2. The van der Waals surface area contributed by atoms with Gasteiger partial charge in [-0.3, -0.25) is 4.79 Å². The third kappa shape index (κ3) is 3.87. The molecule has 6 heteroatoms. The summed E-state index contributed by atoms with van der Waals surface area (Å²) in [5.41, 5.74) is 0. The van der Waals surface area contributed by atoms with E-state index in [1.165, 1.54) is 0 Å². The maximum absolute atomic E-state index is 11.7. The SMILES string of the molecule is CNC(=O)C(C)NC1CCN(C(=O)N(C)C)CC1. The largest absolute Gasteiger partial charge is 0.358 e. The van der Waals surface area contributed by atoms with Gasteiger partial charge in [-0.1, -0.05) is 0 Å². The lowest BCUT2D eigenvalue weighted by Gasteiger charge is -2.34. The molecule has 1 fully saturated rings. The fourth-order valence-corrected chi connectivity index (χ4v) is 2.17. The minimum absolute atomic E-state index is 0.00166. The number of carbonyl (C=O) groups excluding carboxylic acids is 2. The van der Waals surface area contributed by atoms with Gasteiger partial charge in [0.1, 0.15) is 0 Å². The molecule has 1 saturated heterocycles. The van der Waals surface area contributed by atoms with E-state index in [2.05, 4.69) is 10.6 Å². The van der Waals surface area contributed by atoms with E-state index >= 15 is 0 Å². The molecule has 1 heterocycles. The lowest BCUT2D eigenvalue weighted by Crippen LogP contribution is -2.52. The molecule has 1 aliphatic heterocycles. The molecule has 1 unspecified atom stereocenters. The zero-order valence-corrected chi connectivity index (χ0v) is 11.7. The van der Waals surface area contributed by atoms with Crippen molar-refractivity contribution in [3.05, 3.63) is 0 Å². The van der Waals surface area contributed by atoms with Crippen LogP contribution < -0.4 is 10.6 Å². The Morgan fingerprint density at radius 2 is 1.83 bits per heavy atom. The molecule has 0 aromatic heterocycles. The molecule has 6 nitrogen and oxygen atoms in total. The van der Waals surface area contributed by atoms with E-state index < -0.39 is 0 Å². The third-order valence-corrected chi connectivity index (χ3v) is 3.27. The Kier molecular flexibility index (Phi) is 5.40.